The topological polar surface area (TPSA) is 52.6 Å². The Balaban J connectivity index is 2.36. The standard InChI is InChI=1S/C14H16N2O3/c1-17-11-8-10(9-12(18-2)14(11)19-3)16-13-6-4-5-7-15-13/h4-9H,1-3H3,(H,15,16). The first-order valence-electron chi connectivity index (χ1n) is 5.76. The van der Waals surface area contributed by atoms with Crippen molar-refractivity contribution in [3.05, 3.63) is 36.5 Å². The van der Waals surface area contributed by atoms with E-state index in [2.05, 4.69) is 10.3 Å². The number of ether oxygens (including phenoxy) is 3. The van der Waals surface area contributed by atoms with E-state index in [1.165, 1.54) is 0 Å². The van der Waals surface area contributed by atoms with Gasteiger partial charge in [0.25, 0.3) is 0 Å². The van der Waals surface area contributed by atoms with Crippen LogP contribution in [0.3, 0.4) is 0 Å². The van der Waals surface area contributed by atoms with E-state index >= 15 is 0 Å². The van der Waals surface area contributed by atoms with Crippen LogP contribution in [0, 0.1) is 0 Å². The van der Waals surface area contributed by atoms with Crippen LogP contribution >= 0.6 is 0 Å². The normalized spacial score (nSPS) is 9.84. The molecule has 5 heteroatoms. The third kappa shape index (κ3) is 2.88. The van der Waals surface area contributed by atoms with Crippen molar-refractivity contribution >= 4 is 11.5 Å². The Hall–Kier alpha value is -2.43. The van der Waals surface area contributed by atoms with Gasteiger partial charge in [-0.1, -0.05) is 6.07 Å². The number of methoxy groups -OCH3 is 3. The molecular weight excluding hydrogens is 244 g/mol. The number of rotatable bonds is 5. The average molecular weight is 260 g/mol. The Kier molecular flexibility index (Phi) is 4.07. The molecule has 0 spiro atoms. The fraction of sp³-hybridized carbons (Fsp3) is 0.214. The second-order valence-corrected chi connectivity index (χ2v) is 3.75. The number of pyridine rings is 1. The largest absolute Gasteiger partial charge is 0.493 e. The van der Waals surface area contributed by atoms with Crippen LogP contribution in [-0.4, -0.2) is 26.3 Å². The molecule has 2 aromatic rings. The zero-order chi connectivity index (χ0) is 13.7. The molecule has 5 nitrogen and oxygen atoms in total. The van der Waals surface area contributed by atoms with Crippen molar-refractivity contribution in [2.45, 2.75) is 0 Å². The van der Waals surface area contributed by atoms with E-state index in [1.54, 1.807) is 27.5 Å². The molecule has 1 N–H and O–H groups in total. The summed E-state index contributed by atoms with van der Waals surface area (Å²) >= 11 is 0. The molecule has 1 aromatic heterocycles. The summed E-state index contributed by atoms with van der Waals surface area (Å²) in [6, 6.07) is 9.31. The zero-order valence-electron chi connectivity index (χ0n) is 11.1. The van der Waals surface area contributed by atoms with Crippen LogP contribution in [0.2, 0.25) is 0 Å². The molecule has 1 heterocycles. The van der Waals surface area contributed by atoms with E-state index in [0.717, 1.165) is 11.5 Å². The van der Waals surface area contributed by atoms with Crippen molar-refractivity contribution < 1.29 is 14.2 Å². The maximum absolute atomic E-state index is 5.29. The number of anilines is 2. The summed E-state index contributed by atoms with van der Waals surface area (Å²) in [6.45, 7) is 0. The summed E-state index contributed by atoms with van der Waals surface area (Å²) in [5, 5.41) is 3.18. The van der Waals surface area contributed by atoms with Crippen molar-refractivity contribution in [2.24, 2.45) is 0 Å². The van der Waals surface area contributed by atoms with Gasteiger partial charge in [-0.15, -0.1) is 0 Å². The molecule has 0 saturated carbocycles. The van der Waals surface area contributed by atoms with Gasteiger partial charge >= 0.3 is 0 Å². The van der Waals surface area contributed by atoms with Gasteiger partial charge in [-0.25, -0.2) is 4.98 Å². The lowest BCUT2D eigenvalue weighted by atomic mass is 10.2. The first-order chi connectivity index (χ1) is 9.28. The van der Waals surface area contributed by atoms with E-state index in [0.29, 0.717) is 17.2 Å². The molecule has 0 amide bonds. The summed E-state index contributed by atoms with van der Waals surface area (Å²) in [5.41, 5.74) is 0.813. The average Bonchev–Trinajstić information content (AvgIpc) is 2.47. The van der Waals surface area contributed by atoms with Gasteiger partial charge in [0.05, 0.1) is 21.3 Å². The highest BCUT2D eigenvalue weighted by Gasteiger charge is 2.13. The third-order valence-corrected chi connectivity index (χ3v) is 2.60. The van der Waals surface area contributed by atoms with Gasteiger partial charge in [0.15, 0.2) is 11.5 Å². The number of benzene rings is 1. The molecule has 0 aliphatic rings. The number of hydrogen-bond acceptors (Lipinski definition) is 5. The zero-order valence-corrected chi connectivity index (χ0v) is 11.1. The van der Waals surface area contributed by atoms with Gasteiger partial charge in [0.1, 0.15) is 5.82 Å². The molecule has 0 aliphatic heterocycles. The van der Waals surface area contributed by atoms with E-state index in [4.69, 9.17) is 14.2 Å². The van der Waals surface area contributed by atoms with E-state index in [1.807, 2.05) is 30.3 Å². The van der Waals surface area contributed by atoms with Gasteiger partial charge in [0, 0.05) is 24.0 Å². The van der Waals surface area contributed by atoms with Crippen molar-refractivity contribution in [1.82, 2.24) is 4.98 Å². The predicted molar refractivity (Wildman–Crippen MR) is 73.6 cm³/mol. The van der Waals surface area contributed by atoms with Crippen molar-refractivity contribution in [1.29, 1.82) is 0 Å². The molecule has 0 fully saturated rings. The second kappa shape index (κ2) is 5.95. The minimum Gasteiger partial charge on any atom is -0.493 e. The lowest BCUT2D eigenvalue weighted by Gasteiger charge is -2.14. The monoisotopic (exact) mass is 260 g/mol. The molecule has 2 rings (SSSR count). The van der Waals surface area contributed by atoms with Crippen LogP contribution in [0.5, 0.6) is 17.2 Å². The quantitative estimate of drug-likeness (QED) is 0.895. The smallest absolute Gasteiger partial charge is 0.203 e. The van der Waals surface area contributed by atoms with E-state index in [9.17, 15) is 0 Å². The molecule has 0 unspecified atom stereocenters. The van der Waals surface area contributed by atoms with Gasteiger partial charge in [-0.2, -0.15) is 0 Å². The summed E-state index contributed by atoms with van der Waals surface area (Å²) in [5.74, 6) is 2.51. The van der Waals surface area contributed by atoms with Gasteiger partial charge in [-0.3, -0.25) is 0 Å². The van der Waals surface area contributed by atoms with Crippen molar-refractivity contribution in [2.75, 3.05) is 26.6 Å². The Morgan fingerprint density at radius 3 is 2.11 bits per heavy atom. The first kappa shape index (κ1) is 13.0. The summed E-state index contributed by atoms with van der Waals surface area (Å²) < 4.78 is 15.9. The van der Waals surface area contributed by atoms with Gasteiger partial charge in [-0.05, 0) is 12.1 Å². The lowest BCUT2D eigenvalue weighted by Crippen LogP contribution is -1.98. The molecule has 0 radical (unpaired) electrons. The Labute approximate surface area is 112 Å². The highest BCUT2D eigenvalue weighted by molar-refractivity contribution is 5.66. The van der Waals surface area contributed by atoms with Gasteiger partial charge < -0.3 is 19.5 Å². The minimum atomic E-state index is 0.566. The molecule has 19 heavy (non-hydrogen) atoms. The van der Waals surface area contributed by atoms with Crippen LogP contribution in [0.15, 0.2) is 36.5 Å². The highest BCUT2D eigenvalue weighted by Crippen LogP contribution is 2.40. The van der Waals surface area contributed by atoms with Gasteiger partial charge in [0.2, 0.25) is 5.75 Å². The van der Waals surface area contributed by atoms with E-state index in [-0.39, 0.29) is 0 Å². The molecule has 0 aliphatic carbocycles. The van der Waals surface area contributed by atoms with Crippen LogP contribution in [-0.2, 0) is 0 Å². The maximum Gasteiger partial charge on any atom is 0.203 e. The maximum atomic E-state index is 5.29. The second-order valence-electron chi connectivity index (χ2n) is 3.75. The Morgan fingerprint density at radius 1 is 0.947 bits per heavy atom. The Bertz CT molecular complexity index is 519. The van der Waals surface area contributed by atoms with E-state index < -0.39 is 0 Å². The molecule has 0 saturated heterocycles. The molecule has 100 valence electrons. The number of hydrogen-bond donors (Lipinski definition) is 1. The predicted octanol–water partition coefficient (Wildman–Crippen LogP) is 2.85. The van der Waals surface area contributed by atoms with Crippen LogP contribution in [0.25, 0.3) is 0 Å². The summed E-state index contributed by atoms with van der Waals surface area (Å²) in [7, 11) is 4.75. The fourth-order valence-electron chi connectivity index (χ4n) is 1.74. The third-order valence-electron chi connectivity index (χ3n) is 2.60. The molecular formula is C14H16N2O3. The summed E-state index contributed by atoms with van der Waals surface area (Å²) in [4.78, 5) is 4.20. The Morgan fingerprint density at radius 2 is 1.63 bits per heavy atom. The molecule has 0 bridgehead atoms. The number of aromatic nitrogens is 1. The van der Waals surface area contributed by atoms with Crippen molar-refractivity contribution in [3.8, 4) is 17.2 Å². The molecule has 0 atom stereocenters. The van der Waals surface area contributed by atoms with Crippen LogP contribution in [0.4, 0.5) is 11.5 Å². The first-order valence-corrected chi connectivity index (χ1v) is 5.76. The lowest BCUT2D eigenvalue weighted by molar-refractivity contribution is 0.324. The fourth-order valence-corrected chi connectivity index (χ4v) is 1.74. The number of nitrogens with zero attached hydrogens (tertiary/aromatic N) is 1. The summed E-state index contributed by atoms with van der Waals surface area (Å²) in [6.07, 6.45) is 1.72. The minimum absolute atomic E-state index is 0.566. The number of nitrogens with one attached hydrogen (secondary N) is 1. The molecule has 1 aromatic carbocycles. The highest BCUT2D eigenvalue weighted by atomic mass is 16.5. The van der Waals surface area contributed by atoms with Crippen LogP contribution < -0.4 is 19.5 Å². The SMILES string of the molecule is COc1cc(Nc2ccccn2)cc(OC)c1OC. The van der Waals surface area contributed by atoms with Crippen LogP contribution in [0.1, 0.15) is 0 Å². The van der Waals surface area contributed by atoms with Crippen molar-refractivity contribution in [3.63, 3.8) is 0 Å².